The number of piperidine rings is 1. The summed E-state index contributed by atoms with van der Waals surface area (Å²) >= 11 is 0. The fourth-order valence-electron chi connectivity index (χ4n) is 3.35. The van der Waals surface area contributed by atoms with Crippen LogP contribution in [0.2, 0.25) is 0 Å². The predicted molar refractivity (Wildman–Crippen MR) is 110 cm³/mol. The first-order valence-electron chi connectivity index (χ1n) is 9.58. The molecule has 1 heterocycles. The van der Waals surface area contributed by atoms with Crippen LogP contribution in [0.4, 0.5) is 17.1 Å². The smallest absolute Gasteiger partial charge is 0.226 e. The Balaban J connectivity index is 1.45. The van der Waals surface area contributed by atoms with Gasteiger partial charge in [-0.2, -0.15) is 0 Å². The lowest BCUT2D eigenvalue weighted by molar-refractivity contribution is -0.115. The van der Waals surface area contributed by atoms with Crippen LogP contribution in [0.3, 0.4) is 0 Å². The van der Waals surface area contributed by atoms with Gasteiger partial charge >= 0.3 is 0 Å². The second-order valence-corrected chi connectivity index (χ2v) is 7.14. The summed E-state index contributed by atoms with van der Waals surface area (Å²) in [4.78, 5) is 14.6. The first-order chi connectivity index (χ1) is 12.6. The van der Waals surface area contributed by atoms with E-state index in [4.69, 9.17) is 0 Å². The highest BCUT2D eigenvalue weighted by Gasteiger charge is 2.10. The van der Waals surface area contributed by atoms with E-state index in [-0.39, 0.29) is 5.91 Å². The maximum absolute atomic E-state index is 12.2. The molecule has 0 atom stereocenters. The summed E-state index contributed by atoms with van der Waals surface area (Å²) in [6.45, 7) is 6.98. The Labute approximate surface area is 156 Å². The average Bonchev–Trinajstić information content (AvgIpc) is 2.66. The normalized spacial score (nSPS) is 14.2. The third-order valence-corrected chi connectivity index (χ3v) is 4.94. The van der Waals surface area contributed by atoms with Crippen LogP contribution in [0.1, 0.15) is 36.8 Å². The van der Waals surface area contributed by atoms with Crippen LogP contribution in [-0.2, 0) is 4.79 Å². The van der Waals surface area contributed by atoms with Gasteiger partial charge in [-0.1, -0.05) is 12.1 Å². The summed E-state index contributed by atoms with van der Waals surface area (Å²) < 4.78 is 0. The maximum atomic E-state index is 12.2. The zero-order valence-electron chi connectivity index (χ0n) is 15.8. The number of anilines is 3. The van der Waals surface area contributed by atoms with E-state index >= 15 is 0 Å². The molecule has 0 bridgehead atoms. The van der Waals surface area contributed by atoms with Crippen molar-refractivity contribution in [2.75, 3.05) is 35.2 Å². The summed E-state index contributed by atoms with van der Waals surface area (Å²) in [5.41, 5.74) is 5.50. The zero-order chi connectivity index (χ0) is 18.4. The molecule has 0 spiro atoms. The number of hydrogen-bond acceptors (Lipinski definition) is 3. The molecule has 1 aliphatic rings. The summed E-state index contributed by atoms with van der Waals surface area (Å²) in [5, 5.41) is 6.34. The van der Waals surface area contributed by atoms with Crippen LogP contribution in [-0.4, -0.2) is 25.5 Å². The molecule has 2 aromatic carbocycles. The first kappa shape index (κ1) is 18.3. The first-order valence-corrected chi connectivity index (χ1v) is 9.58. The van der Waals surface area contributed by atoms with Crippen molar-refractivity contribution in [3.63, 3.8) is 0 Å². The van der Waals surface area contributed by atoms with Gasteiger partial charge in [0.1, 0.15) is 0 Å². The Bertz CT molecular complexity index is 734. The Kier molecular flexibility index (Phi) is 6.16. The number of rotatable bonds is 6. The lowest BCUT2D eigenvalue weighted by Crippen LogP contribution is -2.29. The van der Waals surface area contributed by atoms with E-state index in [1.54, 1.807) is 0 Å². The number of hydrogen-bond donors (Lipinski definition) is 2. The number of nitrogens with zero attached hydrogens (tertiary/aromatic N) is 1. The van der Waals surface area contributed by atoms with Gasteiger partial charge in [0.25, 0.3) is 0 Å². The van der Waals surface area contributed by atoms with Gasteiger partial charge in [-0.05, 0) is 74.6 Å². The van der Waals surface area contributed by atoms with E-state index in [9.17, 15) is 4.79 Å². The molecule has 0 aliphatic carbocycles. The molecule has 0 radical (unpaired) electrons. The Morgan fingerprint density at radius 1 is 1.00 bits per heavy atom. The van der Waals surface area contributed by atoms with Crippen molar-refractivity contribution in [3.05, 3.63) is 53.6 Å². The largest absolute Gasteiger partial charge is 0.385 e. The molecule has 3 rings (SSSR count). The standard InChI is InChI=1S/C22H29N3O/c1-17-6-7-18(2)21(16-17)24-22(26)12-13-23-19-8-10-20(11-9-19)25-14-4-3-5-15-25/h6-11,16,23H,3-5,12-15H2,1-2H3,(H,24,26). The molecule has 0 unspecified atom stereocenters. The lowest BCUT2D eigenvalue weighted by Gasteiger charge is -2.28. The zero-order valence-corrected chi connectivity index (χ0v) is 15.8. The highest BCUT2D eigenvalue weighted by molar-refractivity contribution is 5.91. The van der Waals surface area contributed by atoms with Crippen LogP contribution in [0.5, 0.6) is 0 Å². The minimum absolute atomic E-state index is 0.0381. The fraction of sp³-hybridized carbons (Fsp3) is 0.409. The third kappa shape index (κ3) is 5.01. The molecular weight excluding hydrogens is 322 g/mol. The molecule has 0 saturated carbocycles. The molecule has 4 heteroatoms. The van der Waals surface area contributed by atoms with Crippen molar-refractivity contribution in [1.82, 2.24) is 0 Å². The van der Waals surface area contributed by atoms with E-state index in [2.05, 4.69) is 45.9 Å². The highest BCUT2D eigenvalue weighted by atomic mass is 16.1. The molecule has 1 aliphatic heterocycles. The summed E-state index contributed by atoms with van der Waals surface area (Å²) in [6.07, 6.45) is 4.37. The number of amides is 1. The minimum Gasteiger partial charge on any atom is -0.385 e. The van der Waals surface area contributed by atoms with Crippen molar-refractivity contribution in [1.29, 1.82) is 0 Å². The topological polar surface area (TPSA) is 44.4 Å². The lowest BCUT2D eigenvalue weighted by atomic mass is 10.1. The van der Waals surface area contributed by atoms with Gasteiger partial charge in [-0.25, -0.2) is 0 Å². The third-order valence-electron chi connectivity index (χ3n) is 4.94. The average molecular weight is 351 g/mol. The molecule has 1 fully saturated rings. The second-order valence-electron chi connectivity index (χ2n) is 7.14. The summed E-state index contributed by atoms with van der Waals surface area (Å²) in [6, 6.07) is 14.7. The number of nitrogens with one attached hydrogen (secondary N) is 2. The van der Waals surface area contributed by atoms with Crippen LogP contribution < -0.4 is 15.5 Å². The second kappa shape index (κ2) is 8.75. The molecule has 26 heavy (non-hydrogen) atoms. The predicted octanol–water partition coefficient (Wildman–Crippen LogP) is 4.73. The number of aryl methyl sites for hydroxylation is 2. The number of benzene rings is 2. The molecule has 0 aromatic heterocycles. The molecule has 2 N–H and O–H groups in total. The van der Waals surface area contributed by atoms with Crippen LogP contribution >= 0.6 is 0 Å². The Morgan fingerprint density at radius 3 is 2.46 bits per heavy atom. The number of carbonyl (C=O) groups excluding carboxylic acids is 1. The van der Waals surface area contributed by atoms with Gasteiger partial charge in [0.15, 0.2) is 0 Å². The van der Waals surface area contributed by atoms with E-state index in [1.165, 1.54) is 24.9 Å². The van der Waals surface area contributed by atoms with Gasteiger partial charge in [-0.3, -0.25) is 4.79 Å². The number of carbonyl (C=O) groups is 1. The molecule has 2 aromatic rings. The van der Waals surface area contributed by atoms with Crippen LogP contribution in [0, 0.1) is 13.8 Å². The van der Waals surface area contributed by atoms with Crippen molar-refractivity contribution in [3.8, 4) is 0 Å². The van der Waals surface area contributed by atoms with Crippen molar-refractivity contribution >= 4 is 23.0 Å². The Morgan fingerprint density at radius 2 is 1.73 bits per heavy atom. The van der Waals surface area contributed by atoms with Crippen molar-refractivity contribution in [2.24, 2.45) is 0 Å². The SMILES string of the molecule is Cc1ccc(C)c(NC(=O)CCNc2ccc(N3CCCCC3)cc2)c1. The van der Waals surface area contributed by atoms with Crippen molar-refractivity contribution in [2.45, 2.75) is 39.5 Å². The molecule has 138 valence electrons. The molecule has 1 saturated heterocycles. The van der Waals surface area contributed by atoms with Gasteiger partial charge in [0.05, 0.1) is 0 Å². The van der Waals surface area contributed by atoms with Crippen molar-refractivity contribution < 1.29 is 4.79 Å². The minimum atomic E-state index is 0.0381. The van der Waals surface area contributed by atoms with Gasteiger partial charge in [0, 0.05) is 43.1 Å². The van der Waals surface area contributed by atoms with Gasteiger partial charge < -0.3 is 15.5 Å². The summed E-state index contributed by atoms with van der Waals surface area (Å²) in [7, 11) is 0. The van der Waals surface area contributed by atoms with E-state index < -0.39 is 0 Å². The van der Waals surface area contributed by atoms with Gasteiger partial charge in [0.2, 0.25) is 5.91 Å². The summed E-state index contributed by atoms with van der Waals surface area (Å²) in [5.74, 6) is 0.0381. The monoisotopic (exact) mass is 351 g/mol. The van der Waals surface area contributed by atoms with E-state index in [0.29, 0.717) is 13.0 Å². The molecule has 1 amide bonds. The quantitative estimate of drug-likeness (QED) is 0.790. The molecule has 4 nitrogen and oxygen atoms in total. The van der Waals surface area contributed by atoms with E-state index in [0.717, 1.165) is 35.6 Å². The highest BCUT2D eigenvalue weighted by Crippen LogP contribution is 2.22. The molecular formula is C22H29N3O. The maximum Gasteiger partial charge on any atom is 0.226 e. The Hall–Kier alpha value is -2.49. The fourth-order valence-corrected chi connectivity index (χ4v) is 3.35. The van der Waals surface area contributed by atoms with Crippen LogP contribution in [0.15, 0.2) is 42.5 Å². The van der Waals surface area contributed by atoms with Crippen LogP contribution in [0.25, 0.3) is 0 Å². The van der Waals surface area contributed by atoms with Gasteiger partial charge in [-0.15, -0.1) is 0 Å². The van der Waals surface area contributed by atoms with E-state index in [1.807, 2.05) is 26.0 Å².